The lowest BCUT2D eigenvalue weighted by atomic mass is 10.0. The molecule has 1 saturated heterocycles. The van der Waals surface area contributed by atoms with E-state index >= 15 is 0 Å². The first-order valence-electron chi connectivity index (χ1n) is 7.19. The zero-order valence-corrected chi connectivity index (χ0v) is 11.7. The highest BCUT2D eigenvalue weighted by molar-refractivity contribution is 5.98. The Kier molecular flexibility index (Phi) is 4.01. The quantitative estimate of drug-likeness (QED) is 0.904. The zero-order chi connectivity index (χ0) is 14.7. The Balaban J connectivity index is 1.84. The molecule has 2 heterocycles. The molecule has 1 aliphatic rings. The van der Waals surface area contributed by atoms with E-state index in [0.717, 1.165) is 37.0 Å². The summed E-state index contributed by atoms with van der Waals surface area (Å²) in [5.74, 6) is -0.115. The number of para-hydroxylation sites is 1. The number of nitrogens with one attached hydrogen (secondary N) is 1. The van der Waals surface area contributed by atoms with Crippen LogP contribution in [0.3, 0.4) is 0 Å². The summed E-state index contributed by atoms with van der Waals surface area (Å²) in [7, 11) is 0. The van der Waals surface area contributed by atoms with Gasteiger partial charge < -0.3 is 15.2 Å². The van der Waals surface area contributed by atoms with Crippen LogP contribution in [0.1, 0.15) is 23.2 Å². The van der Waals surface area contributed by atoms with Gasteiger partial charge in [-0.15, -0.1) is 0 Å². The highest BCUT2D eigenvalue weighted by Gasteiger charge is 2.17. The molecule has 1 aromatic carbocycles. The van der Waals surface area contributed by atoms with Crippen LogP contribution in [-0.4, -0.2) is 35.8 Å². The van der Waals surface area contributed by atoms with Gasteiger partial charge in [0.05, 0.1) is 12.1 Å². The van der Waals surface area contributed by atoms with E-state index in [0.29, 0.717) is 18.3 Å². The van der Waals surface area contributed by atoms with Crippen LogP contribution in [0.4, 0.5) is 5.82 Å². The van der Waals surface area contributed by atoms with Crippen LogP contribution in [0.15, 0.2) is 30.3 Å². The third-order valence-electron chi connectivity index (χ3n) is 3.77. The summed E-state index contributed by atoms with van der Waals surface area (Å²) in [5, 5.41) is 13.4. The average Bonchev–Trinajstić information content (AvgIpc) is 2.53. The van der Waals surface area contributed by atoms with Crippen LogP contribution in [0.2, 0.25) is 0 Å². The molecule has 0 amide bonds. The van der Waals surface area contributed by atoms with Crippen LogP contribution in [0.25, 0.3) is 10.9 Å². The summed E-state index contributed by atoms with van der Waals surface area (Å²) in [6.07, 6.45) is 2.16. The lowest BCUT2D eigenvalue weighted by Crippen LogP contribution is -2.25. The van der Waals surface area contributed by atoms with E-state index in [1.54, 1.807) is 6.07 Å². The molecule has 1 unspecified atom stereocenters. The van der Waals surface area contributed by atoms with Crippen LogP contribution in [0, 0.1) is 5.92 Å². The number of anilines is 1. The number of hydrogen-bond acceptors (Lipinski definition) is 4. The van der Waals surface area contributed by atoms with Gasteiger partial charge >= 0.3 is 5.97 Å². The predicted molar refractivity (Wildman–Crippen MR) is 80.7 cm³/mol. The van der Waals surface area contributed by atoms with Crippen molar-refractivity contribution in [1.29, 1.82) is 0 Å². The van der Waals surface area contributed by atoms with Gasteiger partial charge in [0.25, 0.3) is 0 Å². The molecule has 5 nitrogen and oxygen atoms in total. The normalized spacial score (nSPS) is 18.6. The highest BCUT2D eigenvalue weighted by atomic mass is 16.5. The fourth-order valence-corrected chi connectivity index (χ4v) is 2.62. The largest absolute Gasteiger partial charge is 0.478 e. The van der Waals surface area contributed by atoms with Crippen molar-refractivity contribution in [2.24, 2.45) is 5.92 Å². The number of pyridine rings is 1. The minimum atomic E-state index is -0.962. The van der Waals surface area contributed by atoms with Gasteiger partial charge in [-0.2, -0.15) is 0 Å². The molecule has 5 heteroatoms. The van der Waals surface area contributed by atoms with Gasteiger partial charge in [-0.3, -0.25) is 0 Å². The molecule has 2 aromatic rings. The molecule has 0 spiro atoms. The van der Waals surface area contributed by atoms with E-state index in [1.165, 1.54) is 0 Å². The molecule has 2 N–H and O–H groups in total. The molecule has 1 aliphatic heterocycles. The molecule has 0 bridgehead atoms. The summed E-state index contributed by atoms with van der Waals surface area (Å²) in [5.41, 5.74) is 1.01. The van der Waals surface area contributed by atoms with Crippen molar-refractivity contribution in [2.45, 2.75) is 12.8 Å². The van der Waals surface area contributed by atoms with Crippen LogP contribution in [-0.2, 0) is 4.74 Å². The molecule has 1 fully saturated rings. The Hall–Kier alpha value is -2.14. The molecular formula is C16H18N2O3. The van der Waals surface area contributed by atoms with Gasteiger partial charge in [-0.25, -0.2) is 9.78 Å². The van der Waals surface area contributed by atoms with Crippen molar-refractivity contribution in [3.05, 3.63) is 35.9 Å². The van der Waals surface area contributed by atoms with Crippen molar-refractivity contribution < 1.29 is 14.6 Å². The Bertz CT molecular complexity index is 651. The SMILES string of the molecule is O=C(O)c1cc2ccccc2nc1NCC1CCCOC1. The van der Waals surface area contributed by atoms with Crippen LogP contribution < -0.4 is 5.32 Å². The predicted octanol–water partition coefficient (Wildman–Crippen LogP) is 2.77. The average molecular weight is 286 g/mol. The monoisotopic (exact) mass is 286 g/mol. The van der Waals surface area contributed by atoms with E-state index in [-0.39, 0.29) is 5.56 Å². The number of aromatic nitrogens is 1. The Labute approximate surface area is 123 Å². The number of carboxylic acid groups (broad SMARTS) is 1. The van der Waals surface area contributed by atoms with E-state index in [4.69, 9.17) is 4.74 Å². The second kappa shape index (κ2) is 6.10. The minimum Gasteiger partial charge on any atom is -0.478 e. The third kappa shape index (κ3) is 3.13. The minimum absolute atomic E-state index is 0.213. The van der Waals surface area contributed by atoms with Crippen LogP contribution in [0.5, 0.6) is 0 Å². The molecule has 0 aliphatic carbocycles. The number of fused-ring (bicyclic) bond motifs is 1. The first kappa shape index (κ1) is 13.8. The molecule has 1 aromatic heterocycles. The molecule has 110 valence electrons. The maximum atomic E-state index is 11.4. The fraction of sp³-hybridized carbons (Fsp3) is 0.375. The van der Waals surface area contributed by atoms with Crippen molar-refractivity contribution in [2.75, 3.05) is 25.1 Å². The molecular weight excluding hydrogens is 268 g/mol. The number of aromatic carboxylic acids is 1. The molecule has 0 saturated carbocycles. The number of carbonyl (C=O) groups is 1. The fourth-order valence-electron chi connectivity index (χ4n) is 2.62. The van der Waals surface area contributed by atoms with E-state index in [2.05, 4.69) is 10.3 Å². The van der Waals surface area contributed by atoms with Crippen molar-refractivity contribution in [3.63, 3.8) is 0 Å². The smallest absolute Gasteiger partial charge is 0.339 e. The second-order valence-electron chi connectivity index (χ2n) is 5.35. The number of ether oxygens (including phenoxy) is 1. The third-order valence-corrected chi connectivity index (χ3v) is 3.77. The van der Waals surface area contributed by atoms with Gasteiger partial charge in [-0.05, 0) is 30.9 Å². The van der Waals surface area contributed by atoms with Gasteiger partial charge in [0.2, 0.25) is 0 Å². The number of benzene rings is 1. The standard InChI is InChI=1S/C16H18N2O3/c19-16(20)13-8-12-5-1-2-6-14(12)18-15(13)17-9-11-4-3-7-21-10-11/h1-2,5-6,8,11H,3-4,7,9-10H2,(H,17,18)(H,19,20). The van der Waals surface area contributed by atoms with E-state index in [1.807, 2.05) is 24.3 Å². The molecule has 21 heavy (non-hydrogen) atoms. The van der Waals surface area contributed by atoms with Gasteiger partial charge in [0, 0.05) is 18.5 Å². The van der Waals surface area contributed by atoms with Gasteiger partial charge in [-0.1, -0.05) is 18.2 Å². The molecule has 1 atom stereocenters. The molecule has 3 rings (SSSR count). The Morgan fingerprint density at radius 1 is 1.43 bits per heavy atom. The number of rotatable bonds is 4. The zero-order valence-electron chi connectivity index (χ0n) is 11.7. The summed E-state index contributed by atoms with van der Waals surface area (Å²) in [6, 6.07) is 9.20. The lowest BCUT2D eigenvalue weighted by molar-refractivity contribution is 0.0594. The van der Waals surface area contributed by atoms with Gasteiger partial charge in [0.1, 0.15) is 11.4 Å². The van der Waals surface area contributed by atoms with Crippen molar-refractivity contribution >= 4 is 22.7 Å². The topological polar surface area (TPSA) is 71.5 Å². The van der Waals surface area contributed by atoms with Crippen molar-refractivity contribution in [1.82, 2.24) is 4.98 Å². The maximum Gasteiger partial charge on any atom is 0.339 e. The Morgan fingerprint density at radius 3 is 3.05 bits per heavy atom. The van der Waals surface area contributed by atoms with Crippen molar-refractivity contribution in [3.8, 4) is 0 Å². The highest BCUT2D eigenvalue weighted by Crippen LogP contribution is 2.22. The molecule has 0 radical (unpaired) electrons. The first-order chi connectivity index (χ1) is 10.2. The van der Waals surface area contributed by atoms with Crippen LogP contribution >= 0.6 is 0 Å². The first-order valence-corrected chi connectivity index (χ1v) is 7.19. The number of carboxylic acids is 1. The summed E-state index contributed by atoms with van der Waals surface area (Å²) in [6.45, 7) is 2.24. The number of nitrogens with zero attached hydrogens (tertiary/aromatic N) is 1. The summed E-state index contributed by atoms with van der Waals surface area (Å²) >= 11 is 0. The second-order valence-corrected chi connectivity index (χ2v) is 5.35. The van der Waals surface area contributed by atoms with E-state index < -0.39 is 5.97 Å². The summed E-state index contributed by atoms with van der Waals surface area (Å²) in [4.78, 5) is 15.9. The van der Waals surface area contributed by atoms with Gasteiger partial charge in [0.15, 0.2) is 0 Å². The summed E-state index contributed by atoms with van der Waals surface area (Å²) < 4.78 is 5.44. The Morgan fingerprint density at radius 2 is 2.29 bits per heavy atom. The lowest BCUT2D eigenvalue weighted by Gasteiger charge is -2.22. The maximum absolute atomic E-state index is 11.4. The van der Waals surface area contributed by atoms with E-state index in [9.17, 15) is 9.90 Å². The number of hydrogen-bond donors (Lipinski definition) is 2.